The van der Waals surface area contributed by atoms with Gasteiger partial charge in [0.15, 0.2) is 0 Å². The molecular weight excluding hydrogens is 272 g/mol. The Morgan fingerprint density at radius 3 is 2.23 bits per heavy atom. The Kier molecular flexibility index (Phi) is 7.79. The van der Waals surface area contributed by atoms with Crippen molar-refractivity contribution in [2.75, 3.05) is 0 Å². The van der Waals surface area contributed by atoms with Crippen LogP contribution in [0.25, 0.3) is 0 Å². The quantitative estimate of drug-likeness (QED) is 0.607. The van der Waals surface area contributed by atoms with Gasteiger partial charge in [-0.15, -0.1) is 0 Å². The Labute approximate surface area is 135 Å². The molecule has 0 amide bonds. The smallest absolute Gasteiger partial charge is 0.123 e. The first-order valence-corrected chi connectivity index (χ1v) is 8.26. The van der Waals surface area contributed by atoms with E-state index in [0.717, 1.165) is 37.7 Å². The minimum Gasteiger partial charge on any atom is -0.508 e. The summed E-state index contributed by atoms with van der Waals surface area (Å²) >= 11 is 0. The summed E-state index contributed by atoms with van der Waals surface area (Å²) in [6.45, 7) is 8.45. The zero-order chi connectivity index (χ0) is 16.5. The van der Waals surface area contributed by atoms with Crippen LogP contribution in [-0.2, 0) is 12.8 Å². The lowest BCUT2D eigenvalue weighted by atomic mass is 10.0. The fraction of sp³-hybridized carbons (Fsp3) is 0.500. The number of benzene rings is 1. The first-order valence-electron chi connectivity index (χ1n) is 8.26. The lowest BCUT2D eigenvalue weighted by molar-refractivity contribution is 0.439. The third-order valence-electron chi connectivity index (χ3n) is 3.83. The molecule has 0 saturated heterocycles. The van der Waals surface area contributed by atoms with Crippen LogP contribution in [-0.4, -0.2) is 10.2 Å². The summed E-state index contributed by atoms with van der Waals surface area (Å²) in [5.74, 6) is 0.416. The van der Waals surface area contributed by atoms with Gasteiger partial charge >= 0.3 is 0 Å². The molecule has 0 spiro atoms. The van der Waals surface area contributed by atoms with E-state index in [1.165, 1.54) is 11.1 Å². The van der Waals surface area contributed by atoms with Crippen LogP contribution >= 0.6 is 0 Å². The summed E-state index contributed by atoms with van der Waals surface area (Å²) in [5.41, 5.74) is 4.25. The van der Waals surface area contributed by atoms with Crippen molar-refractivity contribution in [3.8, 4) is 11.5 Å². The normalized spacial score (nSPS) is 11.5. The third-order valence-corrected chi connectivity index (χ3v) is 3.83. The summed E-state index contributed by atoms with van der Waals surface area (Å²) in [6.07, 6.45) is 10.0. The van der Waals surface area contributed by atoms with Gasteiger partial charge in [0.1, 0.15) is 11.5 Å². The second-order valence-corrected chi connectivity index (χ2v) is 6.29. The molecule has 0 bridgehead atoms. The molecule has 2 nitrogen and oxygen atoms in total. The number of phenols is 2. The first-order chi connectivity index (χ1) is 10.4. The Hall–Kier alpha value is -1.70. The predicted octanol–water partition coefficient (Wildman–Crippen LogP) is 5.68. The Morgan fingerprint density at radius 1 is 1.05 bits per heavy atom. The highest BCUT2D eigenvalue weighted by Crippen LogP contribution is 2.30. The number of aromatic hydroxyl groups is 2. The maximum absolute atomic E-state index is 10.1. The van der Waals surface area contributed by atoms with Gasteiger partial charge in [-0.25, -0.2) is 0 Å². The Bertz CT molecular complexity index is 512. The van der Waals surface area contributed by atoms with Gasteiger partial charge in [-0.3, -0.25) is 0 Å². The van der Waals surface area contributed by atoms with Gasteiger partial charge in [0.2, 0.25) is 0 Å². The van der Waals surface area contributed by atoms with Crippen molar-refractivity contribution in [1.82, 2.24) is 0 Å². The van der Waals surface area contributed by atoms with Crippen LogP contribution in [0.3, 0.4) is 0 Å². The van der Waals surface area contributed by atoms with Gasteiger partial charge in [-0.1, -0.05) is 36.6 Å². The van der Waals surface area contributed by atoms with Gasteiger partial charge in [0, 0.05) is 5.56 Å². The van der Waals surface area contributed by atoms with Crippen molar-refractivity contribution < 1.29 is 10.2 Å². The second-order valence-electron chi connectivity index (χ2n) is 6.29. The monoisotopic (exact) mass is 302 g/mol. The number of hydrogen-bond donors (Lipinski definition) is 2. The molecule has 0 aromatic heterocycles. The Balaban J connectivity index is 2.71. The van der Waals surface area contributed by atoms with Crippen molar-refractivity contribution in [3.63, 3.8) is 0 Å². The highest BCUT2D eigenvalue weighted by atomic mass is 16.3. The molecule has 0 fully saturated rings. The van der Waals surface area contributed by atoms with Gasteiger partial charge in [-0.05, 0) is 70.6 Å². The molecule has 0 unspecified atom stereocenters. The van der Waals surface area contributed by atoms with Crippen LogP contribution in [0.2, 0.25) is 0 Å². The molecule has 0 aliphatic rings. The number of unbranched alkanes of at least 4 members (excludes halogenated alkanes) is 1. The lowest BCUT2D eigenvalue weighted by Crippen LogP contribution is -1.91. The summed E-state index contributed by atoms with van der Waals surface area (Å²) in [6, 6.07) is 3.58. The van der Waals surface area contributed by atoms with Crippen molar-refractivity contribution in [1.29, 1.82) is 0 Å². The van der Waals surface area contributed by atoms with E-state index in [0.29, 0.717) is 12.0 Å². The molecule has 0 heterocycles. The molecule has 2 N–H and O–H groups in total. The summed E-state index contributed by atoms with van der Waals surface area (Å²) in [7, 11) is 0. The maximum Gasteiger partial charge on any atom is 0.123 e. The molecular formula is C20H30O2. The van der Waals surface area contributed by atoms with Gasteiger partial charge in [0.05, 0.1) is 0 Å². The van der Waals surface area contributed by atoms with Crippen molar-refractivity contribution in [2.24, 2.45) is 0 Å². The van der Waals surface area contributed by atoms with Gasteiger partial charge < -0.3 is 10.2 Å². The van der Waals surface area contributed by atoms with Crippen molar-refractivity contribution in [2.45, 2.75) is 66.2 Å². The Morgan fingerprint density at radius 2 is 1.68 bits per heavy atom. The van der Waals surface area contributed by atoms with E-state index >= 15 is 0 Å². The maximum atomic E-state index is 10.1. The zero-order valence-electron chi connectivity index (χ0n) is 14.4. The van der Waals surface area contributed by atoms with Crippen LogP contribution < -0.4 is 0 Å². The van der Waals surface area contributed by atoms with E-state index in [-0.39, 0.29) is 11.5 Å². The molecule has 0 radical (unpaired) electrons. The summed E-state index contributed by atoms with van der Waals surface area (Å²) < 4.78 is 0. The van der Waals surface area contributed by atoms with Crippen molar-refractivity contribution >= 4 is 0 Å². The SMILES string of the molecule is CCCCc1cc(O)c(C/C=C(/C)CCC=C(C)C)c(O)c1. The lowest BCUT2D eigenvalue weighted by Gasteiger charge is -2.09. The minimum absolute atomic E-state index is 0.208. The summed E-state index contributed by atoms with van der Waals surface area (Å²) in [5, 5.41) is 20.3. The highest BCUT2D eigenvalue weighted by Gasteiger charge is 2.08. The first kappa shape index (κ1) is 18.3. The average molecular weight is 302 g/mol. The number of phenolic OH excluding ortho intramolecular Hbond substituents is 2. The van der Waals surface area contributed by atoms with Gasteiger partial charge in [0.25, 0.3) is 0 Å². The summed E-state index contributed by atoms with van der Waals surface area (Å²) in [4.78, 5) is 0. The van der Waals surface area contributed by atoms with Gasteiger partial charge in [-0.2, -0.15) is 0 Å². The molecule has 1 aromatic rings. The van der Waals surface area contributed by atoms with Crippen LogP contribution in [0.1, 0.15) is 64.5 Å². The standard InChI is InChI=1S/C20H30O2/c1-5-6-10-17-13-19(21)18(20(22)14-17)12-11-16(4)9-7-8-15(2)3/h8,11,13-14,21-22H,5-7,9-10,12H2,1-4H3/b16-11-. The van der Waals surface area contributed by atoms with E-state index in [2.05, 4.69) is 39.8 Å². The molecule has 0 saturated carbocycles. The fourth-order valence-corrected chi connectivity index (χ4v) is 2.40. The van der Waals surface area contributed by atoms with Crippen molar-refractivity contribution in [3.05, 3.63) is 46.6 Å². The fourth-order valence-electron chi connectivity index (χ4n) is 2.40. The highest BCUT2D eigenvalue weighted by molar-refractivity contribution is 5.47. The average Bonchev–Trinajstić information content (AvgIpc) is 2.43. The van der Waals surface area contributed by atoms with E-state index in [1.54, 1.807) is 12.1 Å². The zero-order valence-corrected chi connectivity index (χ0v) is 14.4. The molecule has 2 heteroatoms. The van der Waals surface area contributed by atoms with Crippen LogP contribution in [0.15, 0.2) is 35.4 Å². The molecule has 1 rings (SSSR count). The molecule has 22 heavy (non-hydrogen) atoms. The predicted molar refractivity (Wildman–Crippen MR) is 94.5 cm³/mol. The van der Waals surface area contributed by atoms with E-state index in [9.17, 15) is 10.2 Å². The number of aryl methyl sites for hydroxylation is 1. The molecule has 0 aliphatic carbocycles. The van der Waals surface area contributed by atoms with Crippen LogP contribution in [0, 0.1) is 0 Å². The third kappa shape index (κ3) is 6.38. The van der Waals surface area contributed by atoms with E-state index < -0.39 is 0 Å². The van der Waals surface area contributed by atoms with E-state index in [1.807, 2.05) is 0 Å². The second kappa shape index (κ2) is 9.34. The van der Waals surface area contributed by atoms with Crippen LogP contribution in [0.4, 0.5) is 0 Å². The molecule has 0 aliphatic heterocycles. The number of rotatable bonds is 8. The molecule has 1 aromatic carbocycles. The largest absolute Gasteiger partial charge is 0.508 e. The molecule has 0 atom stereocenters. The van der Waals surface area contributed by atoms with E-state index in [4.69, 9.17) is 0 Å². The molecule has 122 valence electrons. The topological polar surface area (TPSA) is 40.5 Å². The van der Waals surface area contributed by atoms with Crippen LogP contribution in [0.5, 0.6) is 11.5 Å². The number of allylic oxidation sites excluding steroid dienone is 4. The minimum atomic E-state index is 0.208. The number of hydrogen-bond acceptors (Lipinski definition) is 2.